The Balaban J connectivity index is 3.10. The maximum Gasteiger partial charge on any atom is 0.0735 e. The summed E-state index contributed by atoms with van der Waals surface area (Å²) in [6.07, 6.45) is 4.86. The Bertz CT molecular complexity index is 68.9. The molecule has 0 saturated carbocycles. The van der Waals surface area contributed by atoms with Gasteiger partial charge in [0.1, 0.15) is 0 Å². The second-order valence-corrected chi connectivity index (χ2v) is 1.68. The van der Waals surface area contributed by atoms with E-state index in [0.717, 1.165) is 6.42 Å². The average Bonchev–Trinajstić information content (AvgIpc) is 1.83. The smallest absolute Gasteiger partial charge is 0.0735 e. The Morgan fingerprint density at radius 3 is 2.75 bits per heavy atom. The monoisotopic (exact) mass is 114 g/mol. The van der Waals surface area contributed by atoms with E-state index in [-0.39, 0.29) is 6.17 Å². The molecule has 0 aromatic rings. The van der Waals surface area contributed by atoms with E-state index in [2.05, 4.69) is 5.32 Å². The van der Waals surface area contributed by atoms with E-state index in [0.29, 0.717) is 0 Å². The summed E-state index contributed by atoms with van der Waals surface area (Å²) < 4.78 is 0. The summed E-state index contributed by atoms with van der Waals surface area (Å²) in [4.78, 5) is 0. The quantitative estimate of drug-likeness (QED) is 0.533. The lowest BCUT2D eigenvalue weighted by Crippen LogP contribution is -2.32. The molecule has 1 unspecified atom stereocenters. The maximum absolute atomic E-state index is 5.50. The maximum atomic E-state index is 5.50. The molecule has 0 heterocycles. The highest BCUT2D eigenvalue weighted by molar-refractivity contribution is 4.76. The zero-order valence-electron chi connectivity index (χ0n) is 5.52. The minimum atomic E-state index is 0.117. The van der Waals surface area contributed by atoms with E-state index in [1.165, 1.54) is 0 Å². The van der Waals surface area contributed by atoms with Crippen molar-refractivity contribution < 1.29 is 0 Å². The fourth-order valence-electron chi connectivity index (χ4n) is 0.338. The van der Waals surface area contributed by atoms with Crippen LogP contribution in [-0.4, -0.2) is 6.17 Å². The molecule has 48 valence electrons. The van der Waals surface area contributed by atoms with Gasteiger partial charge >= 0.3 is 0 Å². The molecule has 2 nitrogen and oxygen atoms in total. The molecular formula is C6H14N2. The van der Waals surface area contributed by atoms with Gasteiger partial charge in [-0.3, -0.25) is 0 Å². The van der Waals surface area contributed by atoms with Gasteiger partial charge in [-0.05, 0) is 19.5 Å². The molecule has 0 bridgehead atoms. The van der Waals surface area contributed by atoms with Crippen LogP contribution in [0.15, 0.2) is 12.3 Å². The van der Waals surface area contributed by atoms with Crippen molar-refractivity contribution in [2.24, 2.45) is 5.73 Å². The first kappa shape index (κ1) is 7.50. The third-order valence-corrected chi connectivity index (χ3v) is 0.917. The van der Waals surface area contributed by atoms with Crippen molar-refractivity contribution in [1.82, 2.24) is 5.32 Å². The van der Waals surface area contributed by atoms with Crippen molar-refractivity contribution in [3.63, 3.8) is 0 Å². The third kappa shape index (κ3) is 3.68. The summed E-state index contributed by atoms with van der Waals surface area (Å²) in [6.45, 7) is 4.00. The van der Waals surface area contributed by atoms with Gasteiger partial charge in [0.05, 0.1) is 6.17 Å². The van der Waals surface area contributed by atoms with Crippen LogP contribution in [0.2, 0.25) is 0 Å². The predicted molar refractivity (Wildman–Crippen MR) is 36.2 cm³/mol. The molecule has 2 heteroatoms. The number of hydrogen-bond donors (Lipinski definition) is 2. The lowest BCUT2D eigenvalue weighted by Gasteiger charge is -2.06. The Hall–Kier alpha value is -0.500. The molecule has 1 atom stereocenters. The van der Waals surface area contributed by atoms with Crippen LogP contribution in [0.25, 0.3) is 0 Å². The van der Waals surface area contributed by atoms with Crippen LogP contribution < -0.4 is 11.1 Å². The van der Waals surface area contributed by atoms with Gasteiger partial charge in [-0.15, -0.1) is 0 Å². The minimum Gasteiger partial charge on any atom is -0.376 e. The summed E-state index contributed by atoms with van der Waals surface area (Å²) in [5.41, 5.74) is 5.50. The highest BCUT2D eigenvalue weighted by Crippen LogP contribution is 1.78. The Kier molecular flexibility index (Phi) is 4.36. The molecule has 0 aliphatic rings. The summed E-state index contributed by atoms with van der Waals surface area (Å²) in [7, 11) is 0. The minimum absolute atomic E-state index is 0.117. The molecule has 3 N–H and O–H groups in total. The lowest BCUT2D eigenvalue weighted by molar-refractivity contribution is 0.591. The van der Waals surface area contributed by atoms with Gasteiger partial charge in [0.2, 0.25) is 0 Å². The highest BCUT2D eigenvalue weighted by Gasteiger charge is 1.88. The van der Waals surface area contributed by atoms with Crippen LogP contribution in [0, 0.1) is 0 Å². The second-order valence-electron chi connectivity index (χ2n) is 1.68. The molecule has 8 heavy (non-hydrogen) atoms. The molecule has 0 saturated heterocycles. The largest absolute Gasteiger partial charge is 0.376 e. The van der Waals surface area contributed by atoms with E-state index in [1.54, 1.807) is 0 Å². The first-order chi connectivity index (χ1) is 3.81. The van der Waals surface area contributed by atoms with E-state index in [4.69, 9.17) is 5.73 Å². The predicted octanol–water partition coefficient (Wildman–Crippen LogP) is 0.804. The van der Waals surface area contributed by atoms with Gasteiger partial charge < -0.3 is 11.1 Å². The van der Waals surface area contributed by atoms with Crippen molar-refractivity contribution in [1.29, 1.82) is 0 Å². The van der Waals surface area contributed by atoms with Crippen LogP contribution in [0.5, 0.6) is 0 Å². The van der Waals surface area contributed by atoms with Crippen LogP contribution in [-0.2, 0) is 0 Å². The topological polar surface area (TPSA) is 38.0 Å². The molecule has 0 aromatic carbocycles. The normalized spacial score (nSPS) is 14.4. The number of allylic oxidation sites excluding steroid dienone is 1. The highest BCUT2D eigenvalue weighted by atomic mass is 15.0. The molecular weight excluding hydrogens is 100 g/mol. The SMILES string of the molecule is C/C=C/NC(N)CC. The number of nitrogens with two attached hydrogens (primary N) is 1. The van der Waals surface area contributed by atoms with E-state index in [9.17, 15) is 0 Å². The van der Waals surface area contributed by atoms with E-state index < -0.39 is 0 Å². The van der Waals surface area contributed by atoms with Crippen molar-refractivity contribution in [2.75, 3.05) is 0 Å². The Labute approximate surface area is 50.8 Å². The van der Waals surface area contributed by atoms with Gasteiger partial charge in [0.15, 0.2) is 0 Å². The number of nitrogens with one attached hydrogen (secondary N) is 1. The van der Waals surface area contributed by atoms with Gasteiger partial charge in [-0.25, -0.2) is 0 Å². The van der Waals surface area contributed by atoms with Crippen molar-refractivity contribution in [3.05, 3.63) is 12.3 Å². The van der Waals surface area contributed by atoms with Crippen LogP contribution in [0.4, 0.5) is 0 Å². The Morgan fingerprint density at radius 1 is 1.75 bits per heavy atom. The van der Waals surface area contributed by atoms with E-state index in [1.807, 2.05) is 26.1 Å². The van der Waals surface area contributed by atoms with Crippen molar-refractivity contribution >= 4 is 0 Å². The molecule has 0 aromatic heterocycles. The van der Waals surface area contributed by atoms with Gasteiger partial charge in [-0.2, -0.15) is 0 Å². The molecule has 0 spiro atoms. The first-order valence-electron chi connectivity index (χ1n) is 2.94. The van der Waals surface area contributed by atoms with Gasteiger partial charge in [-0.1, -0.05) is 13.0 Å². The standard InChI is InChI=1S/C6H14N2/c1-3-5-8-6(7)4-2/h3,5-6,8H,4,7H2,1-2H3/b5-3+. The lowest BCUT2D eigenvalue weighted by atomic mass is 10.4. The summed E-state index contributed by atoms with van der Waals surface area (Å²) >= 11 is 0. The molecule has 0 rings (SSSR count). The number of rotatable bonds is 3. The fourth-order valence-corrected chi connectivity index (χ4v) is 0.338. The second kappa shape index (κ2) is 4.65. The Morgan fingerprint density at radius 2 is 2.38 bits per heavy atom. The molecule has 0 fully saturated rings. The fraction of sp³-hybridized carbons (Fsp3) is 0.667. The number of hydrogen-bond acceptors (Lipinski definition) is 2. The van der Waals surface area contributed by atoms with Gasteiger partial charge in [0.25, 0.3) is 0 Å². The molecule has 0 amide bonds. The summed E-state index contributed by atoms with van der Waals surface area (Å²) in [5, 5.41) is 2.98. The molecule has 0 aliphatic heterocycles. The zero-order valence-corrected chi connectivity index (χ0v) is 5.52. The third-order valence-electron chi connectivity index (χ3n) is 0.917. The zero-order chi connectivity index (χ0) is 6.41. The van der Waals surface area contributed by atoms with Gasteiger partial charge in [0, 0.05) is 0 Å². The average molecular weight is 114 g/mol. The van der Waals surface area contributed by atoms with Crippen LogP contribution in [0.1, 0.15) is 20.3 Å². The van der Waals surface area contributed by atoms with E-state index >= 15 is 0 Å². The van der Waals surface area contributed by atoms with Crippen LogP contribution >= 0.6 is 0 Å². The molecule has 0 aliphatic carbocycles. The summed E-state index contributed by atoms with van der Waals surface area (Å²) in [5.74, 6) is 0. The van der Waals surface area contributed by atoms with Crippen LogP contribution in [0.3, 0.4) is 0 Å². The molecule has 0 radical (unpaired) electrons. The first-order valence-corrected chi connectivity index (χ1v) is 2.94. The summed E-state index contributed by atoms with van der Waals surface area (Å²) in [6, 6.07) is 0. The van der Waals surface area contributed by atoms with Crippen molar-refractivity contribution in [3.8, 4) is 0 Å². The van der Waals surface area contributed by atoms with Crippen molar-refractivity contribution in [2.45, 2.75) is 26.4 Å².